The monoisotopic (exact) mass is 429 g/mol. The Balaban J connectivity index is 1.83. The molecule has 0 aliphatic carbocycles. The van der Waals surface area contributed by atoms with Gasteiger partial charge in [0.1, 0.15) is 5.82 Å². The number of hydrogen-bond acceptors (Lipinski definition) is 2. The molecule has 0 bridgehead atoms. The number of hydrogen-bond donors (Lipinski definition) is 0. The number of rotatable bonds is 2. The van der Waals surface area contributed by atoms with Crippen molar-refractivity contribution in [3.8, 4) is 11.4 Å². The molecule has 0 amide bonds. The molecule has 4 nitrogen and oxygen atoms in total. The Morgan fingerprint density at radius 3 is 2.50 bits per heavy atom. The first kappa shape index (κ1) is 17.0. The van der Waals surface area contributed by atoms with E-state index in [1.807, 2.05) is 73.9 Å². The minimum Gasteiger partial charge on any atom is -0.350 e. The maximum atomic E-state index is 13.5. The second-order valence-corrected chi connectivity index (χ2v) is 7.66. The molecule has 136 valence electrons. The zero-order chi connectivity index (χ0) is 19.3. The van der Waals surface area contributed by atoms with E-state index in [0.717, 1.165) is 32.0 Å². The van der Waals surface area contributed by atoms with Crippen molar-refractivity contribution >= 4 is 43.8 Å². The van der Waals surface area contributed by atoms with E-state index in [9.17, 15) is 4.79 Å². The predicted octanol–water partition coefficient (Wildman–Crippen LogP) is 5.65. The Hall–Kier alpha value is -3.18. The van der Waals surface area contributed by atoms with Crippen LogP contribution in [0.3, 0.4) is 0 Å². The minimum absolute atomic E-state index is 0.0991. The zero-order valence-electron chi connectivity index (χ0n) is 15.1. The largest absolute Gasteiger partial charge is 0.350 e. The lowest BCUT2D eigenvalue weighted by Crippen LogP contribution is -2.13. The average Bonchev–Trinajstić information content (AvgIpc) is 3.26. The van der Waals surface area contributed by atoms with Crippen LogP contribution < -0.4 is 0 Å². The van der Waals surface area contributed by atoms with Crippen LogP contribution in [0.1, 0.15) is 10.4 Å². The number of aryl methyl sites for hydroxylation is 1. The quantitative estimate of drug-likeness (QED) is 0.363. The van der Waals surface area contributed by atoms with Gasteiger partial charge in [-0.25, -0.2) is 4.98 Å². The van der Waals surface area contributed by atoms with E-state index < -0.39 is 0 Å². The third kappa shape index (κ3) is 2.59. The number of halogens is 1. The van der Waals surface area contributed by atoms with E-state index in [1.165, 1.54) is 0 Å². The van der Waals surface area contributed by atoms with Gasteiger partial charge in [-0.2, -0.15) is 0 Å². The second-order valence-electron chi connectivity index (χ2n) is 6.75. The third-order valence-corrected chi connectivity index (χ3v) is 5.47. The SMILES string of the molecule is Cn1cc(-c2nc3ccccc3n2C(=O)c2cccc(Br)c2)c2ccccc21. The van der Waals surface area contributed by atoms with Crippen molar-refractivity contribution in [3.63, 3.8) is 0 Å². The molecule has 0 aliphatic heterocycles. The highest BCUT2D eigenvalue weighted by atomic mass is 79.9. The summed E-state index contributed by atoms with van der Waals surface area (Å²) in [7, 11) is 2.01. The van der Waals surface area contributed by atoms with Crippen LogP contribution in [0.15, 0.2) is 83.5 Å². The Labute approximate surface area is 170 Å². The Bertz CT molecular complexity index is 1360. The average molecular weight is 430 g/mol. The summed E-state index contributed by atoms with van der Waals surface area (Å²) in [6.07, 6.45) is 2.04. The number of aromatic nitrogens is 3. The van der Waals surface area contributed by atoms with E-state index in [-0.39, 0.29) is 5.91 Å². The van der Waals surface area contributed by atoms with Gasteiger partial charge >= 0.3 is 0 Å². The standard InChI is InChI=1S/C23H16BrN3O/c1-26-14-18(17-9-2-4-11-20(17)26)22-25-19-10-3-5-12-21(19)27(22)23(28)15-7-6-8-16(24)13-15/h2-14H,1H3. The molecule has 2 heterocycles. The maximum Gasteiger partial charge on any atom is 0.264 e. The second kappa shape index (κ2) is 6.46. The molecule has 0 spiro atoms. The summed E-state index contributed by atoms with van der Waals surface area (Å²) in [4.78, 5) is 18.3. The van der Waals surface area contributed by atoms with Gasteiger partial charge in [-0.3, -0.25) is 9.36 Å². The van der Waals surface area contributed by atoms with Gasteiger partial charge in [-0.1, -0.05) is 52.3 Å². The van der Waals surface area contributed by atoms with Gasteiger partial charge in [0.15, 0.2) is 0 Å². The first-order chi connectivity index (χ1) is 13.6. The van der Waals surface area contributed by atoms with Crippen LogP contribution in [0.4, 0.5) is 0 Å². The summed E-state index contributed by atoms with van der Waals surface area (Å²) in [5, 5.41) is 1.07. The smallest absolute Gasteiger partial charge is 0.264 e. The summed E-state index contributed by atoms with van der Waals surface area (Å²) >= 11 is 3.46. The highest BCUT2D eigenvalue weighted by molar-refractivity contribution is 9.10. The summed E-state index contributed by atoms with van der Waals surface area (Å²) in [5.41, 5.74) is 4.26. The Morgan fingerprint density at radius 1 is 0.929 bits per heavy atom. The van der Waals surface area contributed by atoms with Crippen LogP contribution in [0.5, 0.6) is 0 Å². The first-order valence-corrected chi connectivity index (χ1v) is 9.75. The zero-order valence-corrected chi connectivity index (χ0v) is 16.7. The van der Waals surface area contributed by atoms with Crippen LogP contribution in [-0.2, 0) is 7.05 Å². The Morgan fingerprint density at radius 2 is 1.68 bits per heavy atom. The van der Waals surface area contributed by atoms with Gasteiger partial charge in [0.25, 0.3) is 5.91 Å². The lowest BCUT2D eigenvalue weighted by Gasteiger charge is -2.08. The molecule has 3 aromatic carbocycles. The number of fused-ring (bicyclic) bond motifs is 2. The van der Waals surface area contributed by atoms with E-state index in [2.05, 4.69) is 32.6 Å². The molecular formula is C23H16BrN3O. The molecule has 0 saturated carbocycles. The molecule has 0 aliphatic rings. The number of para-hydroxylation sites is 3. The van der Waals surface area contributed by atoms with Gasteiger partial charge in [-0.05, 0) is 36.4 Å². The molecule has 0 N–H and O–H groups in total. The summed E-state index contributed by atoms with van der Waals surface area (Å²) in [5.74, 6) is 0.556. The molecule has 2 aromatic heterocycles. The van der Waals surface area contributed by atoms with E-state index in [4.69, 9.17) is 4.98 Å². The van der Waals surface area contributed by atoms with Crippen molar-refractivity contribution in [3.05, 3.63) is 89.0 Å². The van der Waals surface area contributed by atoms with Gasteiger partial charge in [-0.15, -0.1) is 0 Å². The van der Waals surface area contributed by atoms with Crippen LogP contribution in [-0.4, -0.2) is 20.0 Å². The van der Waals surface area contributed by atoms with E-state index in [1.54, 1.807) is 4.57 Å². The van der Waals surface area contributed by atoms with E-state index in [0.29, 0.717) is 11.4 Å². The highest BCUT2D eigenvalue weighted by Crippen LogP contribution is 2.32. The number of imidazole rings is 1. The first-order valence-electron chi connectivity index (χ1n) is 8.95. The lowest BCUT2D eigenvalue weighted by atomic mass is 10.1. The molecular weight excluding hydrogens is 414 g/mol. The van der Waals surface area contributed by atoms with Gasteiger partial charge < -0.3 is 4.57 Å². The molecule has 0 unspecified atom stereocenters. The van der Waals surface area contributed by atoms with Crippen molar-refractivity contribution in [2.45, 2.75) is 0 Å². The number of carbonyl (C=O) groups excluding carboxylic acids is 1. The normalized spacial score (nSPS) is 11.4. The molecule has 5 rings (SSSR count). The van der Waals surface area contributed by atoms with Crippen molar-refractivity contribution in [1.29, 1.82) is 0 Å². The van der Waals surface area contributed by atoms with Crippen molar-refractivity contribution in [2.24, 2.45) is 7.05 Å². The van der Waals surface area contributed by atoms with Gasteiger partial charge in [0.05, 0.1) is 11.0 Å². The van der Waals surface area contributed by atoms with E-state index >= 15 is 0 Å². The molecule has 5 heteroatoms. The maximum absolute atomic E-state index is 13.5. The number of benzene rings is 3. The molecule has 0 fully saturated rings. The fourth-order valence-corrected chi connectivity index (χ4v) is 4.08. The van der Waals surface area contributed by atoms with Gasteiger partial charge in [0.2, 0.25) is 0 Å². The fourth-order valence-electron chi connectivity index (χ4n) is 3.68. The summed E-state index contributed by atoms with van der Waals surface area (Å²) in [6, 6.07) is 23.4. The molecule has 28 heavy (non-hydrogen) atoms. The fraction of sp³-hybridized carbons (Fsp3) is 0.0435. The third-order valence-electron chi connectivity index (χ3n) is 4.97. The number of nitrogens with zero attached hydrogens (tertiary/aromatic N) is 3. The van der Waals surface area contributed by atoms with Crippen molar-refractivity contribution in [2.75, 3.05) is 0 Å². The highest BCUT2D eigenvalue weighted by Gasteiger charge is 2.22. The lowest BCUT2D eigenvalue weighted by molar-refractivity contribution is 0.0966. The number of carbonyl (C=O) groups is 1. The van der Waals surface area contributed by atoms with Crippen LogP contribution in [0.2, 0.25) is 0 Å². The Kier molecular flexibility index (Phi) is 3.91. The van der Waals surface area contributed by atoms with Crippen molar-refractivity contribution < 1.29 is 4.79 Å². The summed E-state index contributed by atoms with van der Waals surface area (Å²) in [6.45, 7) is 0. The van der Waals surface area contributed by atoms with Crippen LogP contribution >= 0.6 is 15.9 Å². The summed E-state index contributed by atoms with van der Waals surface area (Å²) < 4.78 is 4.66. The minimum atomic E-state index is -0.0991. The molecule has 0 saturated heterocycles. The van der Waals surface area contributed by atoms with Crippen LogP contribution in [0, 0.1) is 0 Å². The predicted molar refractivity (Wildman–Crippen MR) is 116 cm³/mol. The van der Waals surface area contributed by atoms with Crippen LogP contribution in [0.25, 0.3) is 33.3 Å². The molecule has 0 atom stereocenters. The topological polar surface area (TPSA) is 39.8 Å². The molecule has 0 radical (unpaired) electrons. The molecule has 5 aromatic rings. The van der Waals surface area contributed by atoms with Crippen molar-refractivity contribution in [1.82, 2.24) is 14.1 Å². The van der Waals surface area contributed by atoms with Gasteiger partial charge in [0, 0.05) is 39.7 Å².